The zero-order valence-electron chi connectivity index (χ0n) is 15.6. The van der Waals surface area contributed by atoms with Crippen LogP contribution in [0.3, 0.4) is 0 Å². The van der Waals surface area contributed by atoms with E-state index < -0.39 is 0 Å². The van der Waals surface area contributed by atoms with Crippen molar-refractivity contribution < 1.29 is 0 Å². The third kappa shape index (κ3) is 5.35. The largest absolute Gasteiger partial charge is 0.352 e. The molecule has 6 nitrogen and oxygen atoms in total. The Morgan fingerprint density at radius 1 is 1.33 bits per heavy atom. The number of nitrogens with zero attached hydrogens (tertiary/aromatic N) is 5. The second-order valence-corrected chi connectivity index (χ2v) is 7.03. The number of hydrogen-bond donors (Lipinski definition) is 1. The van der Waals surface area contributed by atoms with Crippen molar-refractivity contribution in [1.29, 1.82) is 0 Å². The monoisotopic (exact) mass is 542 g/mol. The van der Waals surface area contributed by atoms with Gasteiger partial charge in [-0.3, -0.25) is 4.99 Å². The average Bonchev–Trinajstić information content (AvgIpc) is 3.26. The molecule has 0 saturated carbocycles. The summed E-state index contributed by atoms with van der Waals surface area (Å²) in [5.41, 5.74) is 3.50. The van der Waals surface area contributed by atoms with Crippen molar-refractivity contribution >= 4 is 45.9 Å². The van der Waals surface area contributed by atoms with Gasteiger partial charge in [-0.05, 0) is 33.6 Å². The highest BCUT2D eigenvalue weighted by Crippen LogP contribution is 2.16. The maximum absolute atomic E-state index is 4.42. The van der Waals surface area contributed by atoms with Crippen molar-refractivity contribution in [3.63, 3.8) is 0 Å². The lowest BCUT2D eigenvalue weighted by molar-refractivity contribution is 0.461. The van der Waals surface area contributed by atoms with Gasteiger partial charge in [-0.2, -0.15) is 0 Å². The molecular weight excluding hydrogens is 519 g/mol. The van der Waals surface area contributed by atoms with E-state index in [1.54, 1.807) is 6.20 Å². The van der Waals surface area contributed by atoms with Gasteiger partial charge in [-0.15, -0.1) is 24.0 Å². The van der Waals surface area contributed by atoms with E-state index in [-0.39, 0.29) is 24.0 Å². The van der Waals surface area contributed by atoms with Crippen molar-refractivity contribution in [2.75, 3.05) is 14.1 Å². The van der Waals surface area contributed by atoms with Crippen LogP contribution < -0.4 is 5.32 Å². The van der Waals surface area contributed by atoms with Crippen LogP contribution in [0.15, 0.2) is 64.7 Å². The van der Waals surface area contributed by atoms with Gasteiger partial charge in [0.05, 0.1) is 18.6 Å². The van der Waals surface area contributed by atoms with Crippen LogP contribution in [0, 0.1) is 0 Å². The van der Waals surface area contributed by atoms with Crippen LogP contribution in [0.5, 0.6) is 0 Å². The lowest BCUT2D eigenvalue weighted by atomic mass is 10.1. The first-order valence-corrected chi connectivity index (χ1v) is 9.16. The van der Waals surface area contributed by atoms with Gasteiger partial charge in [0, 0.05) is 56.4 Å². The molecule has 144 valence electrons. The number of halogens is 2. The number of guanidine groups is 1. The van der Waals surface area contributed by atoms with Crippen LogP contribution in [-0.4, -0.2) is 39.1 Å². The second kappa shape index (κ2) is 9.93. The van der Waals surface area contributed by atoms with E-state index in [2.05, 4.69) is 65.1 Å². The number of aromatic nitrogens is 3. The Labute approximate surface area is 185 Å². The number of rotatable bonds is 5. The Hall–Kier alpha value is -1.81. The summed E-state index contributed by atoms with van der Waals surface area (Å²) in [6, 6.07) is 10.4. The van der Waals surface area contributed by atoms with Crippen LogP contribution in [0.1, 0.15) is 11.3 Å². The van der Waals surface area contributed by atoms with Gasteiger partial charge in [-0.1, -0.05) is 18.2 Å². The van der Waals surface area contributed by atoms with Crippen LogP contribution in [0.2, 0.25) is 0 Å². The number of hydrogen-bond acceptors (Lipinski definition) is 2. The lowest BCUT2D eigenvalue weighted by Gasteiger charge is -2.23. The predicted octanol–water partition coefficient (Wildman–Crippen LogP) is 3.80. The van der Waals surface area contributed by atoms with Gasteiger partial charge in [0.1, 0.15) is 0 Å². The summed E-state index contributed by atoms with van der Waals surface area (Å²) in [6.45, 7) is 1.45. The van der Waals surface area contributed by atoms with Gasteiger partial charge < -0.3 is 19.4 Å². The SMILES string of the molecule is CN=C(NCc1ccccc1-n1ccnc1)N(C)Cc1cc(Br)cn1C.I. The minimum Gasteiger partial charge on any atom is -0.352 e. The molecule has 27 heavy (non-hydrogen) atoms. The zero-order valence-corrected chi connectivity index (χ0v) is 19.5. The fourth-order valence-electron chi connectivity index (χ4n) is 2.91. The van der Waals surface area contributed by atoms with Gasteiger partial charge in [0.25, 0.3) is 0 Å². The first kappa shape index (κ1) is 21.5. The molecule has 0 atom stereocenters. The standard InChI is InChI=1S/C19H23BrN6.HI/c1-21-19(25(3)13-17-10-16(20)12-24(17)2)23-11-15-6-4-5-7-18(15)26-9-8-22-14-26;/h4-10,12,14H,11,13H2,1-3H3,(H,21,23);1H. The molecule has 0 aliphatic carbocycles. The Kier molecular flexibility index (Phi) is 7.91. The molecule has 8 heteroatoms. The molecule has 0 spiro atoms. The highest BCUT2D eigenvalue weighted by atomic mass is 127. The first-order valence-electron chi connectivity index (χ1n) is 8.37. The summed E-state index contributed by atoms with van der Waals surface area (Å²) in [5, 5.41) is 3.46. The van der Waals surface area contributed by atoms with E-state index in [4.69, 9.17) is 0 Å². The molecular formula is C19H24BrIN6. The summed E-state index contributed by atoms with van der Waals surface area (Å²) < 4.78 is 5.22. The third-order valence-electron chi connectivity index (χ3n) is 4.26. The summed E-state index contributed by atoms with van der Waals surface area (Å²) in [7, 11) is 5.89. The fourth-order valence-corrected chi connectivity index (χ4v) is 3.49. The number of nitrogens with one attached hydrogen (secondary N) is 1. The van der Waals surface area contributed by atoms with Crippen molar-refractivity contribution in [2.45, 2.75) is 13.1 Å². The molecule has 0 bridgehead atoms. The van der Waals surface area contributed by atoms with Crippen LogP contribution >= 0.6 is 39.9 Å². The van der Waals surface area contributed by atoms with E-state index in [0.717, 1.165) is 22.7 Å². The summed E-state index contributed by atoms with van der Waals surface area (Å²) in [5.74, 6) is 0.850. The van der Waals surface area contributed by atoms with Gasteiger partial charge >= 0.3 is 0 Å². The number of aryl methyl sites for hydroxylation is 1. The van der Waals surface area contributed by atoms with Crippen LogP contribution in [-0.2, 0) is 20.1 Å². The molecule has 0 unspecified atom stereocenters. The Balaban J connectivity index is 0.00000261. The Morgan fingerprint density at radius 2 is 2.11 bits per heavy atom. The fraction of sp³-hybridized carbons (Fsp3) is 0.263. The molecule has 3 rings (SSSR count). The van der Waals surface area contributed by atoms with Gasteiger partial charge in [0.2, 0.25) is 0 Å². The normalized spacial score (nSPS) is 11.2. The number of imidazole rings is 1. The van der Waals surface area contributed by atoms with Crippen molar-refractivity contribution in [3.8, 4) is 5.69 Å². The molecule has 3 aromatic rings. The van der Waals surface area contributed by atoms with Gasteiger partial charge in [-0.25, -0.2) is 4.98 Å². The molecule has 0 radical (unpaired) electrons. The first-order chi connectivity index (χ1) is 12.6. The molecule has 1 N–H and O–H groups in total. The highest BCUT2D eigenvalue weighted by Gasteiger charge is 2.11. The summed E-state index contributed by atoms with van der Waals surface area (Å²) in [4.78, 5) is 10.7. The number of benzene rings is 1. The zero-order chi connectivity index (χ0) is 18.5. The second-order valence-electron chi connectivity index (χ2n) is 6.12. The molecule has 0 aliphatic heterocycles. The molecule has 0 fully saturated rings. The van der Waals surface area contributed by atoms with Crippen LogP contribution in [0.25, 0.3) is 5.69 Å². The third-order valence-corrected chi connectivity index (χ3v) is 4.69. The number of aliphatic imine (C=N–C) groups is 1. The highest BCUT2D eigenvalue weighted by molar-refractivity contribution is 14.0. The smallest absolute Gasteiger partial charge is 0.194 e. The lowest BCUT2D eigenvalue weighted by Crippen LogP contribution is -2.38. The summed E-state index contributed by atoms with van der Waals surface area (Å²) >= 11 is 3.52. The minimum atomic E-state index is 0. The molecule has 2 heterocycles. The number of para-hydroxylation sites is 1. The van der Waals surface area contributed by atoms with E-state index in [1.165, 1.54) is 11.3 Å². The van der Waals surface area contributed by atoms with Crippen LogP contribution in [0.4, 0.5) is 0 Å². The molecule has 0 aliphatic rings. The minimum absolute atomic E-state index is 0. The van der Waals surface area contributed by atoms with Gasteiger partial charge in [0.15, 0.2) is 5.96 Å². The van der Waals surface area contributed by atoms with E-state index in [1.807, 2.05) is 50.4 Å². The topological polar surface area (TPSA) is 50.4 Å². The van der Waals surface area contributed by atoms with E-state index >= 15 is 0 Å². The maximum Gasteiger partial charge on any atom is 0.194 e. The molecule has 1 aromatic carbocycles. The average molecular weight is 543 g/mol. The Bertz CT molecular complexity index is 888. The maximum atomic E-state index is 4.42. The van der Waals surface area contributed by atoms with E-state index in [0.29, 0.717) is 6.54 Å². The summed E-state index contributed by atoms with van der Waals surface area (Å²) in [6.07, 6.45) is 7.61. The Morgan fingerprint density at radius 3 is 2.74 bits per heavy atom. The van der Waals surface area contributed by atoms with Crippen molar-refractivity contribution in [2.24, 2.45) is 12.0 Å². The molecule has 0 amide bonds. The molecule has 0 saturated heterocycles. The van der Waals surface area contributed by atoms with Crippen molar-refractivity contribution in [1.82, 2.24) is 24.3 Å². The van der Waals surface area contributed by atoms with E-state index in [9.17, 15) is 0 Å². The quantitative estimate of drug-likeness (QED) is 0.303. The predicted molar refractivity (Wildman–Crippen MR) is 124 cm³/mol. The molecule has 2 aromatic heterocycles. The van der Waals surface area contributed by atoms with Crippen molar-refractivity contribution in [3.05, 3.63) is 71.0 Å².